The third-order valence-corrected chi connectivity index (χ3v) is 3.92. The average Bonchev–Trinajstić information content (AvgIpc) is 2.43. The van der Waals surface area contributed by atoms with E-state index in [1.807, 2.05) is 0 Å². The molecule has 1 rings (SSSR count). The number of nitrogens with zero attached hydrogens (tertiary/aromatic N) is 1. The zero-order valence-electron chi connectivity index (χ0n) is 10.8. The Morgan fingerprint density at radius 2 is 2.14 bits per heavy atom. The van der Waals surface area contributed by atoms with Gasteiger partial charge in [0.1, 0.15) is 0 Å². The van der Waals surface area contributed by atoms with Crippen LogP contribution in [0, 0.1) is 10.1 Å². The first-order valence-electron chi connectivity index (χ1n) is 5.38. The highest BCUT2D eigenvalue weighted by Gasteiger charge is 2.25. The highest BCUT2D eigenvalue weighted by Crippen LogP contribution is 2.22. The summed E-state index contributed by atoms with van der Waals surface area (Å²) in [4.78, 5) is 21.1. The van der Waals surface area contributed by atoms with Gasteiger partial charge in [0, 0.05) is 23.7 Å². The zero-order chi connectivity index (χ0) is 16.2. The lowest BCUT2D eigenvalue weighted by Crippen LogP contribution is -2.26. The number of hydrogen-bond acceptors (Lipinski definition) is 6. The van der Waals surface area contributed by atoms with Gasteiger partial charge in [-0.25, -0.2) is 17.9 Å². The molecule has 0 amide bonds. The molecule has 1 aromatic rings. The maximum absolute atomic E-state index is 12.1. The highest BCUT2D eigenvalue weighted by atomic mass is 35.5. The van der Waals surface area contributed by atoms with E-state index in [1.54, 1.807) is 0 Å². The molecular formula is C11H11ClN2O6S. The first kappa shape index (κ1) is 17.1. The van der Waals surface area contributed by atoms with Crippen LogP contribution in [0.4, 0.5) is 5.69 Å². The van der Waals surface area contributed by atoms with Crippen molar-refractivity contribution in [3.8, 4) is 0 Å². The minimum absolute atomic E-state index is 0.0418. The van der Waals surface area contributed by atoms with E-state index in [2.05, 4.69) is 16.0 Å². The zero-order valence-corrected chi connectivity index (χ0v) is 12.4. The summed E-state index contributed by atoms with van der Waals surface area (Å²) in [5.41, 5.74) is -0.879. The smallest absolute Gasteiger partial charge is 0.339 e. The SMILES string of the molecule is C=C(Cl)CNS(=O)(=O)c1ccc([N+](=O)[O-])cc1C(=O)OC. The van der Waals surface area contributed by atoms with E-state index < -0.39 is 37.1 Å². The van der Waals surface area contributed by atoms with Gasteiger partial charge in [0.05, 0.1) is 22.5 Å². The first-order valence-corrected chi connectivity index (χ1v) is 7.25. The van der Waals surface area contributed by atoms with Crippen LogP contribution < -0.4 is 4.72 Å². The second-order valence-corrected chi connectivity index (χ2v) is 6.04. The highest BCUT2D eigenvalue weighted by molar-refractivity contribution is 7.89. The van der Waals surface area contributed by atoms with Gasteiger partial charge in [0.15, 0.2) is 0 Å². The first-order chi connectivity index (χ1) is 9.69. The van der Waals surface area contributed by atoms with Crippen LogP contribution in [0.15, 0.2) is 34.7 Å². The molecule has 0 unspecified atom stereocenters. The fourth-order valence-electron chi connectivity index (χ4n) is 1.39. The van der Waals surface area contributed by atoms with Crippen molar-refractivity contribution < 1.29 is 22.9 Å². The van der Waals surface area contributed by atoms with Crippen LogP contribution >= 0.6 is 11.6 Å². The van der Waals surface area contributed by atoms with Crippen LogP contribution in [0.3, 0.4) is 0 Å². The molecule has 0 saturated carbocycles. The second-order valence-electron chi connectivity index (χ2n) is 3.77. The van der Waals surface area contributed by atoms with E-state index in [9.17, 15) is 23.3 Å². The monoisotopic (exact) mass is 334 g/mol. The number of sulfonamides is 1. The van der Waals surface area contributed by atoms with Crippen molar-refractivity contribution in [2.24, 2.45) is 0 Å². The normalized spacial score (nSPS) is 11.0. The maximum atomic E-state index is 12.1. The van der Waals surface area contributed by atoms with Gasteiger partial charge >= 0.3 is 5.97 Å². The fourth-order valence-corrected chi connectivity index (χ4v) is 2.73. The number of carbonyl (C=O) groups is 1. The van der Waals surface area contributed by atoms with Crippen LogP contribution in [0.2, 0.25) is 0 Å². The minimum atomic E-state index is -4.10. The van der Waals surface area contributed by atoms with Crippen LogP contribution in [-0.2, 0) is 14.8 Å². The Balaban J connectivity index is 3.37. The lowest BCUT2D eigenvalue weighted by atomic mass is 10.2. The van der Waals surface area contributed by atoms with Gasteiger partial charge in [-0.2, -0.15) is 0 Å². The molecule has 0 heterocycles. The average molecular weight is 335 g/mol. The maximum Gasteiger partial charge on any atom is 0.339 e. The summed E-state index contributed by atoms with van der Waals surface area (Å²) < 4.78 is 30.7. The Kier molecular flexibility index (Phi) is 5.41. The van der Waals surface area contributed by atoms with E-state index in [-0.39, 0.29) is 11.6 Å². The number of ether oxygens (including phenoxy) is 1. The molecule has 0 spiro atoms. The van der Waals surface area contributed by atoms with E-state index in [1.165, 1.54) is 0 Å². The third kappa shape index (κ3) is 4.25. The van der Waals surface area contributed by atoms with Gasteiger partial charge in [0.25, 0.3) is 5.69 Å². The lowest BCUT2D eigenvalue weighted by Gasteiger charge is -2.09. The predicted octanol–water partition coefficient (Wildman–Crippen LogP) is 1.41. The van der Waals surface area contributed by atoms with Crippen LogP contribution in [-0.4, -0.2) is 33.0 Å². The quantitative estimate of drug-likeness (QED) is 0.477. The van der Waals surface area contributed by atoms with Crippen LogP contribution in [0.25, 0.3) is 0 Å². The summed E-state index contributed by atoms with van der Waals surface area (Å²) >= 11 is 5.47. The molecule has 0 aliphatic heterocycles. The minimum Gasteiger partial charge on any atom is -0.465 e. The third-order valence-electron chi connectivity index (χ3n) is 2.32. The van der Waals surface area contributed by atoms with Gasteiger partial charge in [-0.1, -0.05) is 18.2 Å². The number of nitro benzene ring substituents is 1. The number of benzene rings is 1. The summed E-state index contributed by atoms with van der Waals surface area (Å²) in [6.45, 7) is 3.07. The topological polar surface area (TPSA) is 116 Å². The number of non-ortho nitro benzene ring substituents is 1. The molecule has 0 bridgehead atoms. The summed E-state index contributed by atoms with van der Waals surface area (Å²) in [7, 11) is -3.07. The standard InChI is InChI=1S/C11H11ClN2O6S/c1-7(12)6-13-21(18,19)10-4-3-8(14(16)17)5-9(10)11(15)20-2/h3-5,13H,1,6H2,2H3. The van der Waals surface area contributed by atoms with Crippen molar-refractivity contribution in [1.29, 1.82) is 0 Å². The molecule has 21 heavy (non-hydrogen) atoms. The molecule has 0 radical (unpaired) electrons. The molecule has 0 aliphatic carbocycles. The van der Waals surface area contributed by atoms with E-state index in [0.717, 1.165) is 25.3 Å². The number of hydrogen-bond donors (Lipinski definition) is 1. The van der Waals surface area contributed by atoms with Crippen molar-refractivity contribution in [1.82, 2.24) is 4.72 Å². The van der Waals surface area contributed by atoms with Gasteiger partial charge < -0.3 is 4.74 Å². The van der Waals surface area contributed by atoms with Crippen LogP contribution in [0.5, 0.6) is 0 Å². The molecule has 10 heteroatoms. The van der Waals surface area contributed by atoms with E-state index in [4.69, 9.17) is 11.6 Å². The van der Waals surface area contributed by atoms with Crippen molar-refractivity contribution in [3.05, 3.63) is 45.5 Å². The largest absolute Gasteiger partial charge is 0.465 e. The van der Waals surface area contributed by atoms with Gasteiger partial charge in [-0.3, -0.25) is 10.1 Å². The Morgan fingerprint density at radius 1 is 1.52 bits per heavy atom. The summed E-state index contributed by atoms with van der Waals surface area (Å²) in [6, 6.07) is 2.75. The van der Waals surface area contributed by atoms with Crippen molar-refractivity contribution in [2.75, 3.05) is 13.7 Å². The summed E-state index contributed by atoms with van der Waals surface area (Å²) in [5, 5.41) is 10.7. The summed E-state index contributed by atoms with van der Waals surface area (Å²) in [5.74, 6) is -1.01. The van der Waals surface area contributed by atoms with Gasteiger partial charge in [0.2, 0.25) is 10.0 Å². The molecule has 0 saturated heterocycles. The molecule has 8 nitrogen and oxygen atoms in total. The molecule has 0 aromatic heterocycles. The number of halogens is 1. The van der Waals surface area contributed by atoms with Crippen molar-refractivity contribution in [2.45, 2.75) is 4.90 Å². The Labute approximate surface area is 125 Å². The van der Waals surface area contributed by atoms with Crippen LogP contribution in [0.1, 0.15) is 10.4 Å². The second kappa shape index (κ2) is 6.66. The molecule has 0 fully saturated rings. The number of carbonyl (C=O) groups excluding carboxylic acids is 1. The molecule has 114 valence electrons. The number of rotatable bonds is 6. The Bertz CT molecular complexity index is 701. The van der Waals surface area contributed by atoms with Crippen molar-refractivity contribution in [3.63, 3.8) is 0 Å². The lowest BCUT2D eigenvalue weighted by molar-refractivity contribution is -0.384. The summed E-state index contributed by atoms with van der Waals surface area (Å²) in [6.07, 6.45) is 0. The number of nitrogens with one attached hydrogen (secondary N) is 1. The van der Waals surface area contributed by atoms with E-state index >= 15 is 0 Å². The fraction of sp³-hybridized carbons (Fsp3) is 0.182. The van der Waals surface area contributed by atoms with E-state index in [0.29, 0.717) is 0 Å². The number of esters is 1. The molecular weight excluding hydrogens is 324 g/mol. The van der Waals surface area contributed by atoms with Gasteiger partial charge in [-0.05, 0) is 6.07 Å². The Morgan fingerprint density at radius 3 is 2.62 bits per heavy atom. The van der Waals surface area contributed by atoms with Crippen molar-refractivity contribution >= 4 is 33.3 Å². The predicted molar refractivity (Wildman–Crippen MR) is 74.6 cm³/mol. The number of methoxy groups -OCH3 is 1. The Hall–Kier alpha value is -1.97. The molecule has 0 atom stereocenters. The molecule has 1 N–H and O–H groups in total. The molecule has 0 aliphatic rings. The number of nitro groups is 1. The van der Waals surface area contributed by atoms with Gasteiger partial charge in [-0.15, -0.1) is 0 Å². The molecule has 1 aromatic carbocycles.